The van der Waals surface area contributed by atoms with Crippen LogP contribution in [-0.2, 0) is 0 Å². The smallest absolute Gasteiger partial charge is 0.0174 e. The second kappa shape index (κ2) is 4.14. The molecule has 6 atom stereocenters. The Morgan fingerprint density at radius 3 is 2.53 bits per heavy atom. The summed E-state index contributed by atoms with van der Waals surface area (Å²) in [6.07, 6.45) is 18.9. The van der Waals surface area contributed by atoms with Gasteiger partial charge in [-0.05, 0) is 80.5 Å². The number of fused-ring (bicyclic) bond motifs is 5. The van der Waals surface area contributed by atoms with E-state index in [9.17, 15) is 0 Å². The van der Waals surface area contributed by atoms with E-state index < -0.39 is 0 Å². The predicted molar refractivity (Wildman–Crippen MR) is 71.6 cm³/mol. The maximum absolute atomic E-state index is 2.63. The van der Waals surface area contributed by atoms with Gasteiger partial charge in [-0.25, -0.2) is 0 Å². The summed E-state index contributed by atoms with van der Waals surface area (Å²) in [5.74, 6) is 6.55. The maximum Gasteiger partial charge on any atom is -0.0174 e. The Morgan fingerprint density at radius 2 is 1.53 bits per heavy atom. The first-order valence-corrected chi connectivity index (χ1v) is 8.10. The standard InChI is InChI=1S/C17H26/c1-2-6-14-12(4-1)8-10-17-15-7-3-5-13(15)9-11-16(14)17/h2,6,12-17H,1,3-5,7-11H2/t12?,13-,14-,15+,16+,17-/m0/s1. The zero-order chi connectivity index (χ0) is 11.2. The number of hydrogen-bond acceptors (Lipinski definition) is 0. The Morgan fingerprint density at radius 1 is 0.647 bits per heavy atom. The second-order valence-electron chi connectivity index (χ2n) is 7.18. The van der Waals surface area contributed by atoms with Gasteiger partial charge >= 0.3 is 0 Å². The molecule has 17 heavy (non-hydrogen) atoms. The predicted octanol–water partition coefficient (Wildman–Crippen LogP) is 4.81. The highest BCUT2D eigenvalue weighted by molar-refractivity contribution is 5.06. The first kappa shape index (κ1) is 10.6. The van der Waals surface area contributed by atoms with E-state index in [1.54, 1.807) is 44.9 Å². The molecule has 0 aromatic rings. The fourth-order valence-corrected chi connectivity index (χ4v) is 5.98. The summed E-state index contributed by atoms with van der Waals surface area (Å²) < 4.78 is 0. The van der Waals surface area contributed by atoms with Crippen molar-refractivity contribution in [1.29, 1.82) is 0 Å². The summed E-state index contributed by atoms with van der Waals surface area (Å²) in [4.78, 5) is 0. The van der Waals surface area contributed by atoms with Crippen LogP contribution < -0.4 is 0 Å². The number of rotatable bonds is 0. The lowest BCUT2D eigenvalue weighted by Gasteiger charge is -2.50. The highest BCUT2D eigenvalue weighted by Gasteiger charge is 2.47. The van der Waals surface area contributed by atoms with Gasteiger partial charge in [-0.2, -0.15) is 0 Å². The molecule has 1 unspecified atom stereocenters. The van der Waals surface area contributed by atoms with Gasteiger partial charge in [0.15, 0.2) is 0 Å². The summed E-state index contributed by atoms with van der Waals surface area (Å²) in [6.45, 7) is 0. The monoisotopic (exact) mass is 230 g/mol. The van der Waals surface area contributed by atoms with Gasteiger partial charge in [0.05, 0.1) is 0 Å². The first-order valence-electron chi connectivity index (χ1n) is 8.10. The summed E-state index contributed by atoms with van der Waals surface area (Å²) in [5, 5.41) is 0. The minimum atomic E-state index is 0.990. The molecule has 0 aromatic carbocycles. The van der Waals surface area contributed by atoms with Crippen molar-refractivity contribution in [1.82, 2.24) is 0 Å². The molecule has 0 radical (unpaired) electrons. The minimum absolute atomic E-state index is 0.990. The van der Waals surface area contributed by atoms with Crippen molar-refractivity contribution in [2.24, 2.45) is 35.5 Å². The third-order valence-electron chi connectivity index (χ3n) is 6.66. The Balaban J connectivity index is 1.60. The molecule has 0 bridgehead atoms. The van der Waals surface area contributed by atoms with Crippen LogP contribution in [0.15, 0.2) is 12.2 Å². The fraction of sp³-hybridized carbons (Fsp3) is 0.882. The molecule has 0 aliphatic heterocycles. The summed E-state index contributed by atoms with van der Waals surface area (Å²) in [6, 6.07) is 0. The summed E-state index contributed by atoms with van der Waals surface area (Å²) in [5.41, 5.74) is 0. The van der Waals surface area contributed by atoms with Crippen molar-refractivity contribution in [2.75, 3.05) is 0 Å². The van der Waals surface area contributed by atoms with Crippen LogP contribution in [0.4, 0.5) is 0 Å². The minimum Gasteiger partial charge on any atom is -0.0882 e. The second-order valence-corrected chi connectivity index (χ2v) is 7.18. The first-order chi connectivity index (χ1) is 8.43. The van der Waals surface area contributed by atoms with Gasteiger partial charge in [0.2, 0.25) is 0 Å². The van der Waals surface area contributed by atoms with Gasteiger partial charge in [0.25, 0.3) is 0 Å². The van der Waals surface area contributed by atoms with Crippen LogP contribution in [0.1, 0.15) is 57.8 Å². The van der Waals surface area contributed by atoms with Crippen molar-refractivity contribution in [3.8, 4) is 0 Å². The SMILES string of the molecule is C1=C[C@H]2C(CC1)CC[C@H]1[C@@H]3CCC[C@H]3CC[C@@H]12. The average molecular weight is 230 g/mol. The van der Waals surface area contributed by atoms with Crippen molar-refractivity contribution in [3.05, 3.63) is 12.2 Å². The van der Waals surface area contributed by atoms with Crippen LogP contribution in [-0.4, -0.2) is 0 Å². The Labute approximate surface area is 106 Å². The van der Waals surface area contributed by atoms with Crippen molar-refractivity contribution >= 4 is 0 Å². The van der Waals surface area contributed by atoms with Crippen molar-refractivity contribution in [3.63, 3.8) is 0 Å². The fourth-order valence-electron chi connectivity index (χ4n) is 5.98. The molecule has 0 N–H and O–H groups in total. The topological polar surface area (TPSA) is 0 Å². The maximum atomic E-state index is 2.63. The Hall–Kier alpha value is -0.260. The molecule has 0 spiro atoms. The van der Waals surface area contributed by atoms with E-state index in [1.807, 2.05) is 0 Å². The lowest BCUT2D eigenvalue weighted by atomic mass is 9.55. The van der Waals surface area contributed by atoms with E-state index in [1.165, 1.54) is 12.8 Å². The Kier molecular flexibility index (Phi) is 2.59. The third kappa shape index (κ3) is 1.63. The highest BCUT2D eigenvalue weighted by atomic mass is 14.5. The van der Waals surface area contributed by atoms with E-state index in [2.05, 4.69) is 12.2 Å². The van der Waals surface area contributed by atoms with E-state index >= 15 is 0 Å². The van der Waals surface area contributed by atoms with Crippen LogP contribution >= 0.6 is 0 Å². The number of hydrogen-bond donors (Lipinski definition) is 0. The van der Waals surface area contributed by atoms with E-state index in [-0.39, 0.29) is 0 Å². The molecule has 4 rings (SSSR count). The molecule has 3 saturated carbocycles. The van der Waals surface area contributed by atoms with Gasteiger partial charge in [0.1, 0.15) is 0 Å². The van der Waals surface area contributed by atoms with Crippen molar-refractivity contribution < 1.29 is 0 Å². The van der Waals surface area contributed by atoms with Crippen LogP contribution in [0, 0.1) is 35.5 Å². The molecule has 0 nitrogen and oxygen atoms in total. The molecule has 4 aliphatic rings. The van der Waals surface area contributed by atoms with Gasteiger partial charge in [-0.15, -0.1) is 0 Å². The molecule has 0 saturated heterocycles. The van der Waals surface area contributed by atoms with Crippen molar-refractivity contribution in [2.45, 2.75) is 57.8 Å². The van der Waals surface area contributed by atoms with E-state index in [4.69, 9.17) is 0 Å². The molecule has 0 amide bonds. The van der Waals surface area contributed by atoms with E-state index in [0.29, 0.717) is 0 Å². The van der Waals surface area contributed by atoms with E-state index in [0.717, 1.165) is 35.5 Å². The van der Waals surface area contributed by atoms with Crippen LogP contribution in [0.2, 0.25) is 0 Å². The van der Waals surface area contributed by atoms with Gasteiger partial charge < -0.3 is 0 Å². The quantitative estimate of drug-likeness (QED) is 0.524. The lowest BCUT2D eigenvalue weighted by molar-refractivity contribution is 0.0134. The third-order valence-corrected chi connectivity index (χ3v) is 6.66. The largest absolute Gasteiger partial charge is 0.0882 e. The normalized spacial score (nSPS) is 52.7. The molecule has 0 aromatic heterocycles. The van der Waals surface area contributed by atoms with Gasteiger partial charge in [-0.1, -0.05) is 25.0 Å². The average Bonchev–Trinajstić information content (AvgIpc) is 2.86. The zero-order valence-electron chi connectivity index (χ0n) is 11.0. The summed E-state index contributed by atoms with van der Waals surface area (Å²) >= 11 is 0. The van der Waals surface area contributed by atoms with Gasteiger partial charge in [0, 0.05) is 0 Å². The molecular weight excluding hydrogens is 204 g/mol. The zero-order valence-corrected chi connectivity index (χ0v) is 11.0. The molecule has 0 heterocycles. The highest BCUT2D eigenvalue weighted by Crippen LogP contribution is 2.56. The molecule has 0 heteroatoms. The molecular formula is C17H26. The van der Waals surface area contributed by atoms with Gasteiger partial charge in [-0.3, -0.25) is 0 Å². The van der Waals surface area contributed by atoms with Crippen LogP contribution in [0.25, 0.3) is 0 Å². The molecule has 94 valence electrons. The summed E-state index contributed by atoms with van der Waals surface area (Å²) in [7, 11) is 0. The lowest BCUT2D eigenvalue weighted by Crippen LogP contribution is -2.42. The Bertz CT molecular complexity index is 316. The molecule has 4 aliphatic carbocycles. The van der Waals surface area contributed by atoms with Crippen LogP contribution in [0.3, 0.4) is 0 Å². The van der Waals surface area contributed by atoms with Crippen LogP contribution in [0.5, 0.6) is 0 Å². The number of allylic oxidation sites excluding steroid dienone is 2. The molecule has 3 fully saturated rings.